The molecule has 0 N–H and O–H groups in total. The van der Waals surface area contributed by atoms with Gasteiger partial charge in [0, 0.05) is 11.5 Å². The molecule has 0 bridgehead atoms. The lowest BCUT2D eigenvalue weighted by Crippen LogP contribution is -2.01. The highest BCUT2D eigenvalue weighted by atomic mass is 32.2. The van der Waals surface area contributed by atoms with Crippen LogP contribution in [0.5, 0.6) is 0 Å². The molecule has 0 amide bonds. The molecular weight excluding hydrogens is 138 g/mol. The average molecular weight is 151 g/mol. The second-order valence-electron chi connectivity index (χ2n) is 1.64. The maximum atomic E-state index is 2.14. The Morgan fingerprint density at radius 1 is 1.25 bits per heavy atom. The molecule has 1 nitrogen and oxygen atoms in total. The molecule has 0 fully saturated rings. The first-order valence-corrected chi connectivity index (χ1v) is 4.90. The molecule has 0 aromatic heterocycles. The van der Waals surface area contributed by atoms with Gasteiger partial charge in [-0.25, -0.2) is 0 Å². The van der Waals surface area contributed by atoms with Gasteiger partial charge < -0.3 is 0 Å². The Kier molecular flexibility index (Phi) is 6.27. The van der Waals surface area contributed by atoms with E-state index in [0.29, 0.717) is 0 Å². The summed E-state index contributed by atoms with van der Waals surface area (Å²) in [7, 11) is 4.15. The zero-order valence-corrected chi connectivity index (χ0v) is 7.31. The summed E-state index contributed by atoms with van der Waals surface area (Å²) in [5, 5.41) is 0. The van der Waals surface area contributed by atoms with Crippen molar-refractivity contribution >= 4 is 23.7 Å². The van der Waals surface area contributed by atoms with Crippen LogP contribution in [-0.4, -0.2) is 36.2 Å². The Hall–Kier alpha value is 0.660. The van der Waals surface area contributed by atoms with Gasteiger partial charge in [0.25, 0.3) is 0 Å². The second-order valence-corrected chi connectivity index (χ2v) is 4.02. The van der Waals surface area contributed by atoms with Crippen molar-refractivity contribution in [2.75, 3.05) is 31.9 Å². The molecule has 0 radical (unpaired) electrons. The quantitative estimate of drug-likeness (QED) is 0.443. The summed E-state index contributed by atoms with van der Waals surface area (Å²) in [6, 6.07) is 0. The normalized spacial score (nSPS) is 10.5. The van der Waals surface area contributed by atoms with E-state index in [-0.39, 0.29) is 0 Å². The zero-order chi connectivity index (χ0) is 6.41. The summed E-state index contributed by atoms with van der Waals surface area (Å²) < 4.78 is 2.14. The van der Waals surface area contributed by atoms with Crippen molar-refractivity contribution < 1.29 is 0 Å². The number of nitrogens with zero attached hydrogens (tertiary/aromatic N) is 1. The van der Waals surface area contributed by atoms with E-state index in [9.17, 15) is 0 Å². The SMILES string of the molecule is CSCCSN(C)C. The van der Waals surface area contributed by atoms with Crippen LogP contribution in [0.25, 0.3) is 0 Å². The molecule has 0 rings (SSSR count). The van der Waals surface area contributed by atoms with Crippen LogP contribution in [0.3, 0.4) is 0 Å². The Morgan fingerprint density at radius 2 is 1.88 bits per heavy atom. The zero-order valence-electron chi connectivity index (χ0n) is 5.68. The van der Waals surface area contributed by atoms with Gasteiger partial charge in [0.05, 0.1) is 0 Å². The highest BCUT2D eigenvalue weighted by Gasteiger charge is 1.87. The standard InChI is InChI=1S/C5H13NS2/c1-6(2)8-5-4-7-3/h4-5H2,1-3H3. The van der Waals surface area contributed by atoms with Crippen LogP contribution in [0.2, 0.25) is 0 Å². The monoisotopic (exact) mass is 151 g/mol. The molecular formula is C5H13NS2. The average Bonchev–Trinajstić information content (AvgIpc) is 1.66. The van der Waals surface area contributed by atoms with Crippen LogP contribution < -0.4 is 0 Å². The summed E-state index contributed by atoms with van der Waals surface area (Å²) in [6.07, 6.45) is 2.14. The van der Waals surface area contributed by atoms with Crippen LogP contribution in [-0.2, 0) is 0 Å². The van der Waals surface area contributed by atoms with Crippen LogP contribution in [0, 0.1) is 0 Å². The molecule has 8 heavy (non-hydrogen) atoms. The Bertz CT molecular complexity index is 47.7. The van der Waals surface area contributed by atoms with E-state index in [1.54, 1.807) is 0 Å². The van der Waals surface area contributed by atoms with Crippen LogP contribution in [0.15, 0.2) is 0 Å². The lowest BCUT2D eigenvalue weighted by atomic mass is 11.0. The molecule has 0 aliphatic rings. The van der Waals surface area contributed by atoms with Crippen LogP contribution in [0.4, 0.5) is 0 Å². The van der Waals surface area contributed by atoms with Crippen molar-refractivity contribution in [2.24, 2.45) is 0 Å². The molecule has 0 unspecified atom stereocenters. The van der Waals surface area contributed by atoms with Gasteiger partial charge in [-0.1, -0.05) is 11.9 Å². The predicted octanol–water partition coefficient (Wildman–Crippen LogP) is 1.56. The van der Waals surface area contributed by atoms with Crippen molar-refractivity contribution in [1.82, 2.24) is 4.31 Å². The van der Waals surface area contributed by atoms with Crippen LogP contribution >= 0.6 is 23.7 Å². The first-order valence-electron chi connectivity index (χ1n) is 2.56. The largest absolute Gasteiger partial charge is 0.257 e. The Morgan fingerprint density at radius 3 is 2.25 bits per heavy atom. The molecule has 0 atom stereocenters. The van der Waals surface area contributed by atoms with Crippen LogP contribution in [0.1, 0.15) is 0 Å². The maximum Gasteiger partial charge on any atom is 0.0171 e. The van der Waals surface area contributed by atoms with Gasteiger partial charge >= 0.3 is 0 Å². The molecule has 0 aliphatic heterocycles. The van der Waals surface area contributed by atoms with Crippen molar-refractivity contribution in [3.05, 3.63) is 0 Å². The third-order valence-electron chi connectivity index (χ3n) is 0.637. The van der Waals surface area contributed by atoms with Gasteiger partial charge in [-0.2, -0.15) is 11.8 Å². The molecule has 3 heteroatoms. The topological polar surface area (TPSA) is 3.24 Å². The van der Waals surface area contributed by atoms with E-state index in [1.165, 1.54) is 11.5 Å². The smallest absolute Gasteiger partial charge is 0.0171 e. The fourth-order valence-electron chi connectivity index (χ4n) is 0.303. The number of rotatable bonds is 4. The Balaban J connectivity index is 2.72. The van der Waals surface area contributed by atoms with Crippen molar-refractivity contribution in [1.29, 1.82) is 0 Å². The van der Waals surface area contributed by atoms with Crippen molar-refractivity contribution in [2.45, 2.75) is 0 Å². The summed E-state index contributed by atoms with van der Waals surface area (Å²) in [4.78, 5) is 0. The first-order chi connectivity index (χ1) is 3.77. The molecule has 0 heterocycles. The van der Waals surface area contributed by atoms with Gasteiger partial charge in [0.1, 0.15) is 0 Å². The molecule has 0 saturated carbocycles. The van der Waals surface area contributed by atoms with E-state index in [0.717, 1.165) is 0 Å². The third-order valence-corrected chi connectivity index (χ3v) is 2.41. The van der Waals surface area contributed by atoms with E-state index in [1.807, 2.05) is 23.7 Å². The fourth-order valence-corrected chi connectivity index (χ4v) is 1.63. The highest BCUT2D eigenvalue weighted by Crippen LogP contribution is 2.05. The molecule has 0 aromatic carbocycles. The predicted molar refractivity (Wildman–Crippen MR) is 44.5 cm³/mol. The second kappa shape index (κ2) is 5.79. The minimum atomic E-state index is 1.23. The van der Waals surface area contributed by atoms with Crippen molar-refractivity contribution in [3.8, 4) is 0 Å². The summed E-state index contributed by atoms with van der Waals surface area (Å²) in [5.74, 6) is 2.48. The highest BCUT2D eigenvalue weighted by molar-refractivity contribution is 8.01. The van der Waals surface area contributed by atoms with Gasteiger partial charge in [-0.15, -0.1) is 0 Å². The van der Waals surface area contributed by atoms with Gasteiger partial charge in [-0.3, -0.25) is 4.31 Å². The number of hydrogen-bond acceptors (Lipinski definition) is 3. The molecule has 0 aliphatic carbocycles. The van der Waals surface area contributed by atoms with E-state index in [2.05, 4.69) is 24.7 Å². The van der Waals surface area contributed by atoms with Gasteiger partial charge in [-0.05, 0) is 20.4 Å². The minimum Gasteiger partial charge on any atom is -0.257 e. The molecule has 50 valence electrons. The number of hydrogen-bond donors (Lipinski definition) is 0. The van der Waals surface area contributed by atoms with E-state index >= 15 is 0 Å². The Labute approximate surface area is 60.3 Å². The third kappa shape index (κ3) is 6.66. The molecule has 0 spiro atoms. The first kappa shape index (κ1) is 8.66. The lowest BCUT2D eigenvalue weighted by Gasteiger charge is -2.05. The number of thioether (sulfide) groups is 1. The maximum absolute atomic E-state index is 2.14. The summed E-state index contributed by atoms with van der Waals surface area (Å²) in [5.41, 5.74) is 0. The summed E-state index contributed by atoms with van der Waals surface area (Å²) >= 11 is 3.76. The fraction of sp³-hybridized carbons (Fsp3) is 1.00. The van der Waals surface area contributed by atoms with Crippen molar-refractivity contribution in [3.63, 3.8) is 0 Å². The van der Waals surface area contributed by atoms with E-state index < -0.39 is 0 Å². The summed E-state index contributed by atoms with van der Waals surface area (Å²) in [6.45, 7) is 0. The van der Waals surface area contributed by atoms with E-state index in [4.69, 9.17) is 0 Å². The van der Waals surface area contributed by atoms with Gasteiger partial charge in [0.15, 0.2) is 0 Å². The van der Waals surface area contributed by atoms with Gasteiger partial charge in [0.2, 0.25) is 0 Å². The molecule has 0 saturated heterocycles. The molecule has 0 aromatic rings. The lowest BCUT2D eigenvalue weighted by molar-refractivity contribution is 0.703. The minimum absolute atomic E-state index is 1.23.